The van der Waals surface area contributed by atoms with E-state index in [9.17, 15) is 0 Å². The lowest BCUT2D eigenvalue weighted by atomic mass is 9.87. The molecule has 104 valence electrons. The summed E-state index contributed by atoms with van der Waals surface area (Å²) in [6.45, 7) is 0. The van der Waals surface area contributed by atoms with Crippen molar-refractivity contribution in [2.75, 3.05) is 0 Å². The van der Waals surface area contributed by atoms with Crippen LogP contribution in [0.5, 0.6) is 0 Å². The highest BCUT2D eigenvalue weighted by molar-refractivity contribution is 5.26. The van der Waals surface area contributed by atoms with E-state index in [1.165, 1.54) is 16.7 Å². The van der Waals surface area contributed by atoms with Gasteiger partial charge in [0.05, 0.1) is 0 Å². The Morgan fingerprint density at radius 3 is 1.71 bits per heavy atom. The second kappa shape index (κ2) is 6.85. The van der Waals surface area contributed by atoms with E-state index < -0.39 is 0 Å². The highest BCUT2D eigenvalue weighted by atomic mass is 14.6. The van der Waals surface area contributed by atoms with Crippen molar-refractivity contribution in [3.8, 4) is 0 Å². The molecule has 0 aliphatic heterocycles. The molecule has 0 aliphatic rings. The van der Waals surface area contributed by atoms with Gasteiger partial charge in [-0.15, -0.1) is 0 Å². The molecule has 0 saturated carbocycles. The van der Waals surface area contributed by atoms with Gasteiger partial charge in [0.1, 0.15) is 0 Å². The van der Waals surface area contributed by atoms with Crippen LogP contribution in [-0.4, -0.2) is 4.98 Å². The maximum Gasteiger partial charge on any atom is 0.0302 e. The molecule has 0 spiro atoms. The minimum absolute atomic E-state index is 0.462. The van der Waals surface area contributed by atoms with Gasteiger partial charge in [-0.25, -0.2) is 0 Å². The van der Waals surface area contributed by atoms with Crippen molar-refractivity contribution in [1.82, 2.24) is 4.98 Å². The third kappa shape index (κ3) is 3.79. The average molecular weight is 273 g/mol. The largest absolute Gasteiger partial charge is 0.264 e. The van der Waals surface area contributed by atoms with E-state index >= 15 is 0 Å². The van der Waals surface area contributed by atoms with Gasteiger partial charge in [-0.2, -0.15) is 0 Å². The van der Waals surface area contributed by atoms with Crippen molar-refractivity contribution in [2.24, 2.45) is 0 Å². The van der Waals surface area contributed by atoms with Gasteiger partial charge in [-0.1, -0.05) is 66.7 Å². The molecular weight excluding hydrogens is 254 g/mol. The molecule has 0 fully saturated rings. The first-order valence-corrected chi connectivity index (χ1v) is 7.39. The normalized spacial score (nSPS) is 10.7. The van der Waals surface area contributed by atoms with E-state index in [-0.39, 0.29) is 0 Å². The molecule has 1 aromatic heterocycles. The first kappa shape index (κ1) is 13.6. The van der Waals surface area contributed by atoms with Crippen LogP contribution < -0.4 is 0 Å². The molecule has 0 atom stereocenters. The second-order valence-electron chi connectivity index (χ2n) is 5.36. The summed E-state index contributed by atoms with van der Waals surface area (Å²) in [7, 11) is 0. The van der Waals surface area contributed by atoms with Crippen molar-refractivity contribution in [3.05, 3.63) is 102 Å². The lowest BCUT2D eigenvalue weighted by Crippen LogP contribution is -2.07. The number of pyridine rings is 1. The molecule has 3 rings (SSSR count). The van der Waals surface area contributed by atoms with Gasteiger partial charge in [0.2, 0.25) is 0 Å². The minimum atomic E-state index is 0.462. The maximum absolute atomic E-state index is 4.29. The Morgan fingerprint density at radius 2 is 1.24 bits per heavy atom. The highest BCUT2D eigenvalue weighted by Gasteiger charge is 2.13. The van der Waals surface area contributed by atoms with E-state index in [4.69, 9.17) is 0 Å². The lowest BCUT2D eigenvalue weighted by Gasteiger charge is -2.17. The van der Waals surface area contributed by atoms with Gasteiger partial charge in [0.25, 0.3) is 0 Å². The third-order valence-corrected chi connectivity index (χ3v) is 3.81. The first-order valence-electron chi connectivity index (χ1n) is 7.39. The maximum atomic E-state index is 4.29. The van der Waals surface area contributed by atoms with Crippen molar-refractivity contribution in [2.45, 2.75) is 18.8 Å². The molecule has 0 bridgehead atoms. The molecular formula is C20H19N. The first-order chi connectivity index (χ1) is 10.4. The van der Waals surface area contributed by atoms with E-state index in [2.05, 4.69) is 71.7 Å². The Kier molecular flexibility index (Phi) is 4.42. The summed E-state index contributed by atoms with van der Waals surface area (Å²) in [5.74, 6) is 0.462. The van der Waals surface area contributed by atoms with Gasteiger partial charge in [-0.3, -0.25) is 4.98 Å². The van der Waals surface area contributed by atoms with Gasteiger partial charge >= 0.3 is 0 Å². The van der Waals surface area contributed by atoms with E-state index in [0.717, 1.165) is 12.8 Å². The number of benzene rings is 2. The fourth-order valence-electron chi connectivity index (χ4n) is 2.72. The zero-order valence-corrected chi connectivity index (χ0v) is 12.0. The molecule has 1 heterocycles. The molecule has 1 heteroatoms. The predicted molar refractivity (Wildman–Crippen MR) is 87.3 cm³/mol. The van der Waals surface area contributed by atoms with Crippen molar-refractivity contribution in [3.63, 3.8) is 0 Å². The van der Waals surface area contributed by atoms with Crippen molar-refractivity contribution in [1.29, 1.82) is 0 Å². The van der Waals surface area contributed by atoms with Crippen LogP contribution in [0.4, 0.5) is 0 Å². The minimum Gasteiger partial charge on any atom is -0.264 e. The van der Waals surface area contributed by atoms with Crippen LogP contribution in [-0.2, 0) is 12.8 Å². The van der Waals surface area contributed by atoms with Crippen LogP contribution in [0.15, 0.2) is 85.2 Å². The summed E-state index contributed by atoms with van der Waals surface area (Å²) in [5, 5.41) is 0. The van der Waals surface area contributed by atoms with Crippen molar-refractivity contribution >= 4 is 0 Å². The monoisotopic (exact) mass is 273 g/mol. The molecule has 1 nitrogen and oxygen atoms in total. The van der Waals surface area contributed by atoms with Crippen molar-refractivity contribution < 1.29 is 0 Å². The Labute approximate surface area is 126 Å². The number of aromatic nitrogens is 1. The molecule has 0 amide bonds. The Morgan fingerprint density at radius 1 is 0.667 bits per heavy atom. The van der Waals surface area contributed by atoms with E-state index in [1.54, 1.807) is 0 Å². The highest BCUT2D eigenvalue weighted by Crippen LogP contribution is 2.24. The molecule has 0 radical (unpaired) electrons. The topological polar surface area (TPSA) is 12.9 Å². The summed E-state index contributed by atoms with van der Waals surface area (Å²) in [4.78, 5) is 4.29. The Bertz CT molecular complexity index is 606. The third-order valence-electron chi connectivity index (χ3n) is 3.81. The molecule has 0 saturated heterocycles. The van der Waals surface area contributed by atoms with Gasteiger partial charge in [-0.05, 0) is 41.5 Å². The molecule has 3 aromatic rings. The standard InChI is InChI=1S/C20H19N/c1-3-8-17(9-4-1)14-20(19-12-7-13-21-16-19)15-18-10-5-2-6-11-18/h1-13,16,20H,14-15H2. The van der Waals surface area contributed by atoms with Crippen LogP contribution in [0.2, 0.25) is 0 Å². The molecule has 0 aliphatic carbocycles. The Hall–Kier alpha value is -2.41. The van der Waals surface area contributed by atoms with Crippen LogP contribution in [0.1, 0.15) is 22.6 Å². The second-order valence-corrected chi connectivity index (χ2v) is 5.36. The zero-order valence-electron chi connectivity index (χ0n) is 12.0. The zero-order chi connectivity index (χ0) is 14.3. The quantitative estimate of drug-likeness (QED) is 0.659. The van der Waals surface area contributed by atoms with Gasteiger partial charge in [0, 0.05) is 12.4 Å². The average Bonchev–Trinajstić information content (AvgIpc) is 2.57. The number of rotatable bonds is 5. The number of hydrogen-bond acceptors (Lipinski definition) is 1. The predicted octanol–water partition coefficient (Wildman–Crippen LogP) is 4.65. The van der Waals surface area contributed by atoms with Crippen LogP contribution >= 0.6 is 0 Å². The smallest absolute Gasteiger partial charge is 0.0302 e. The lowest BCUT2D eigenvalue weighted by molar-refractivity contribution is 0.677. The Balaban J connectivity index is 1.84. The molecule has 21 heavy (non-hydrogen) atoms. The van der Waals surface area contributed by atoms with Crippen LogP contribution in [0.25, 0.3) is 0 Å². The summed E-state index contributed by atoms with van der Waals surface area (Å²) in [5.41, 5.74) is 4.06. The molecule has 0 unspecified atom stereocenters. The van der Waals surface area contributed by atoms with Gasteiger partial charge < -0.3 is 0 Å². The van der Waals surface area contributed by atoms with Crippen LogP contribution in [0.3, 0.4) is 0 Å². The van der Waals surface area contributed by atoms with E-state index in [0.29, 0.717) is 5.92 Å². The fourth-order valence-corrected chi connectivity index (χ4v) is 2.72. The number of hydrogen-bond donors (Lipinski definition) is 0. The summed E-state index contributed by atoms with van der Waals surface area (Å²) >= 11 is 0. The fraction of sp³-hybridized carbons (Fsp3) is 0.150. The summed E-state index contributed by atoms with van der Waals surface area (Å²) < 4.78 is 0. The number of nitrogens with zero attached hydrogens (tertiary/aromatic N) is 1. The van der Waals surface area contributed by atoms with Crippen LogP contribution in [0, 0.1) is 0 Å². The summed E-state index contributed by atoms with van der Waals surface area (Å²) in [6, 6.07) is 25.6. The summed E-state index contributed by atoms with van der Waals surface area (Å²) in [6.07, 6.45) is 5.92. The van der Waals surface area contributed by atoms with Gasteiger partial charge in [0.15, 0.2) is 0 Å². The molecule has 2 aromatic carbocycles. The van der Waals surface area contributed by atoms with E-state index in [1.807, 2.05) is 18.5 Å². The SMILES string of the molecule is c1ccc(CC(Cc2ccccc2)c2cccnc2)cc1. The molecule has 0 N–H and O–H groups in total.